The van der Waals surface area contributed by atoms with Gasteiger partial charge < -0.3 is 5.32 Å². The van der Waals surface area contributed by atoms with Gasteiger partial charge in [-0.05, 0) is 44.7 Å². The topological polar surface area (TPSA) is 12.0 Å². The van der Waals surface area contributed by atoms with Crippen LogP contribution < -0.4 is 5.32 Å². The van der Waals surface area contributed by atoms with Gasteiger partial charge in [-0.2, -0.15) is 0 Å². The molecule has 1 aromatic carbocycles. The zero-order chi connectivity index (χ0) is 9.97. The molecule has 0 heterocycles. The van der Waals surface area contributed by atoms with Crippen molar-refractivity contribution in [2.24, 2.45) is 5.92 Å². The van der Waals surface area contributed by atoms with Crippen molar-refractivity contribution >= 4 is 0 Å². The lowest BCUT2D eigenvalue weighted by Crippen LogP contribution is -2.21. The van der Waals surface area contributed by atoms with E-state index in [0.717, 1.165) is 5.92 Å². The molecule has 0 spiro atoms. The maximum atomic E-state index is 3.59. The van der Waals surface area contributed by atoms with Gasteiger partial charge in [0.2, 0.25) is 0 Å². The summed E-state index contributed by atoms with van der Waals surface area (Å²) >= 11 is 0. The monoisotopic (exact) mass is 189 g/mol. The largest absolute Gasteiger partial charge is 0.310 e. The van der Waals surface area contributed by atoms with Crippen molar-refractivity contribution in [2.45, 2.75) is 32.7 Å². The van der Waals surface area contributed by atoms with E-state index in [2.05, 4.69) is 43.4 Å². The van der Waals surface area contributed by atoms with Crippen molar-refractivity contribution in [1.82, 2.24) is 5.32 Å². The first-order valence-corrected chi connectivity index (χ1v) is 5.55. The van der Waals surface area contributed by atoms with Gasteiger partial charge in [0.05, 0.1) is 0 Å². The van der Waals surface area contributed by atoms with Gasteiger partial charge in [0, 0.05) is 6.04 Å². The summed E-state index contributed by atoms with van der Waals surface area (Å²) in [6.45, 7) is 5.59. The molecule has 0 amide bonds. The molecule has 1 fully saturated rings. The van der Waals surface area contributed by atoms with Gasteiger partial charge in [-0.15, -0.1) is 0 Å². The molecule has 1 aliphatic rings. The van der Waals surface area contributed by atoms with Crippen molar-refractivity contribution in [3.63, 3.8) is 0 Å². The first-order valence-electron chi connectivity index (χ1n) is 5.55. The Bertz CT molecular complexity index is 302. The van der Waals surface area contributed by atoms with Crippen LogP contribution in [0.3, 0.4) is 0 Å². The zero-order valence-corrected chi connectivity index (χ0v) is 9.09. The Balaban J connectivity index is 1.91. The molecule has 76 valence electrons. The molecule has 0 saturated heterocycles. The molecule has 1 aliphatic carbocycles. The molecule has 1 unspecified atom stereocenters. The lowest BCUT2D eigenvalue weighted by Gasteiger charge is -2.14. The molecule has 14 heavy (non-hydrogen) atoms. The van der Waals surface area contributed by atoms with E-state index in [1.807, 2.05) is 0 Å². The van der Waals surface area contributed by atoms with Crippen molar-refractivity contribution in [3.05, 3.63) is 35.4 Å². The maximum Gasteiger partial charge on any atom is 0.0292 e. The van der Waals surface area contributed by atoms with Crippen LogP contribution in [0.25, 0.3) is 0 Å². The molecule has 0 bridgehead atoms. The lowest BCUT2D eigenvalue weighted by molar-refractivity contribution is 0.548. The molecule has 2 rings (SSSR count). The fraction of sp³-hybridized carbons (Fsp3) is 0.538. The van der Waals surface area contributed by atoms with Gasteiger partial charge in [-0.3, -0.25) is 0 Å². The quantitative estimate of drug-likeness (QED) is 0.767. The first kappa shape index (κ1) is 9.72. The van der Waals surface area contributed by atoms with Gasteiger partial charge >= 0.3 is 0 Å². The molecule has 1 saturated carbocycles. The van der Waals surface area contributed by atoms with Crippen LogP contribution >= 0.6 is 0 Å². The number of nitrogens with one attached hydrogen (secondary N) is 1. The van der Waals surface area contributed by atoms with Crippen molar-refractivity contribution in [1.29, 1.82) is 0 Å². The van der Waals surface area contributed by atoms with Crippen LogP contribution in [0.1, 0.15) is 36.9 Å². The molecule has 0 aromatic heterocycles. The summed E-state index contributed by atoms with van der Waals surface area (Å²) in [5, 5.41) is 3.59. The van der Waals surface area contributed by atoms with Crippen molar-refractivity contribution in [2.75, 3.05) is 6.54 Å². The predicted octanol–water partition coefficient (Wildman–Crippen LogP) is 3.06. The number of rotatable bonds is 4. The van der Waals surface area contributed by atoms with E-state index >= 15 is 0 Å². The second-order valence-corrected chi connectivity index (χ2v) is 4.49. The third-order valence-electron chi connectivity index (χ3n) is 2.95. The molecule has 0 aliphatic heterocycles. The van der Waals surface area contributed by atoms with Crippen LogP contribution in [0, 0.1) is 12.8 Å². The Hall–Kier alpha value is -0.820. The van der Waals surface area contributed by atoms with Crippen LogP contribution in [0.5, 0.6) is 0 Å². The maximum absolute atomic E-state index is 3.59. The van der Waals surface area contributed by atoms with Crippen molar-refractivity contribution < 1.29 is 0 Å². The molecule has 1 N–H and O–H groups in total. The number of hydrogen-bond acceptors (Lipinski definition) is 1. The normalized spacial score (nSPS) is 18.1. The SMILES string of the molecule is Cc1cccc(C(C)NCC2CC2)c1. The molecule has 0 radical (unpaired) electrons. The van der Waals surface area contributed by atoms with E-state index in [-0.39, 0.29) is 0 Å². The Morgan fingerprint density at radius 1 is 1.43 bits per heavy atom. The summed E-state index contributed by atoms with van der Waals surface area (Å²) in [5.74, 6) is 0.960. The summed E-state index contributed by atoms with van der Waals surface area (Å²) < 4.78 is 0. The minimum absolute atomic E-state index is 0.496. The van der Waals surface area contributed by atoms with Crippen LogP contribution in [-0.4, -0.2) is 6.54 Å². The van der Waals surface area contributed by atoms with Crippen molar-refractivity contribution in [3.8, 4) is 0 Å². The standard InChI is InChI=1S/C13H19N/c1-10-4-3-5-13(8-10)11(2)14-9-12-6-7-12/h3-5,8,11-12,14H,6-7,9H2,1-2H3. The minimum atomic E-state index is 0.496. The lowest BCUT2D eigenvalue weighted by atomic mass is 10.1. The van der Waals surface area contributed by atoms with E-state index in [9.17, 15) is 0 Å². The highest BCUT2D eigenvalue weighted by Crippen LogP contribution is 2.28. The molecular weight excluding hydrogens is 170 g/mol. The third kappa shape index (κ3) is 2.58. The second-order valence-electron chi connectivity index (χ2n) is 4.49. The first-order chi connectivity index (χ1) is 6.75. The van der Waals surface area contributed by atoms with Gasteiger partial charge in [0.1, 0.15) is 0 Å². The Morgan fingerprint density at radius 2 is 2.21 bits per heavy atom. The summed E-state index contributed by atoms with van der Waals surface area (Å²) in [5.41, 5.74) is 2.76. The molecular formula is C13H19N. The summed E-state index contributed by atoms with van der Waals surface area (Å²) in [6.07, 6.45) is 2.85. The Morgan fingerprint density at radius 3 is 2.86 bits per heavy atom. The van der Waals surface area contributed by atoms with Crippen LogP contribution in [0.2, 0.25) is 0 Å². The summed E-state index contributed by atoms with van der Waals surface area (Å²) in [4.78, 5) is 0. The van der Waals surface area contributed by atoms with E-state index in [0.29, 0.717) is 6.04 Å². The van der Waals surface area contributed by atoms with E-state index < -0.39 is 0 Å². The fourth-order valence-corrected chi connectivity index (χ4v) is 1.72. The molecule has 1 aromatic rings. The predicted molar refractivity (Wildman–Crippen MR) is 60.3 cm³/mol. The second kappa shape index (κ2) is 4.14. The number of hydrogen-bond donors (Lipinski definition) is 1. The smallest absolute Gasteiger partial charge is 0.0292 e. The van der Waals surface area contributed by atoms with Gasteiger partial charge in [0.15, 0.2) is 0 Å². The highest BCUT2D eigenvalue weighted by atomic mass is 14.9. The van der Waals surface area contributed by atoms with Gasteiger partial charge in [-0.25, -0.2) is 0 Å². The van der Waals surface area contributed by atoms with E-state index in [1.165, 1.54) is 30.5 Å². The number of aryl methyl sites for hydroxylation is 1. The summed E-state index contributed by atoms with van der Waals surface area (Å²) in [7, 11) is 0. The van der Waals surface area contributed by atoms with Crippen LogP contribution in [0.4, 0.5) is 0 Å². The molecule has 1 atom stereocenters. The zero-order valence-electron chi connectivity index (χ0n) is 9.09. The minimum Gasteiger partial charge on any atom is -0.310 e. The Kier molecular flexibility index (Phi) is 2.87. The Labute approximate surface area is 86.5 Å². The van der Waals surface area contributed by atoms with Crippen LogP contribution in [0.15, 0.2) is 24.3 Å². The third-order valence-corrected chi connectivity index (χ3v) is 2.95. The average molecular weight is 189 g/mol. The molecule has 1 nitrogen and oxygen atoms in total. The highest BCUT2D eigenvalue weighted by molar-refractivity contribution is 5.24. The van der Waals surface area contributed by atoms with Crippen LogP contribution in [-0.2, 0) is 0 Å². The van der Waals surface area contributed by atoms with Gasteiger partial charge in [0.25, 0.3) is 0 Å². The molecule has 1 heteroatoms. The fourth-order valence-electron chi connectivity index (χ4n) is 1.72. The van der Waals surface area contributed by atoms with E-state index in [4.69, 9.17) is 0 Å². The summed E-state index contributed by atoms with van der Waals surface area (Å²) in [6, 6.07) is 9.26. The number of benzene rings is 1. The average Bonchev–Trinajstić information content (AvgIpc) is 2.97. The van der Waals surface area contributed by atoms with Gasteiger partial charge in [-0.1, -0.05) is 29.8 Å². The highest BCUT2D eigenvalue weighted by Gasteiger charge is 2.21. The van der Waals surface area contributed by atoms with E-state index in [1.54, 1.807) is 0 Å².